The van der Waals surface area contributed by atoms with Crippen molar-refractivity contribution in [2.45, 2.75) is 33.2 Å². The van der Waals surface area contributed by atoms with Crippen LogP contribution in [0.1, 0.15) is 33.3 Å². The van der Waals surface area contributed by atoms with Gasteiger partial charge in [-0.25, -0.2) is 9.59 Å². The number of urea groups is 1. The van der Waals surface area contributed by atoms with E-state index < -0.39 is 30.1 Å². The van der Waals surface area contributed by atoms with Gasteiger partial charge in [0.1, 0.15) is 0 Å². The molecule has 0 heterocycles. The summed E-state index contributed by atoms with van der Waals surface area (Å²) < 4.78 is 15.4. The number of benzene rings is 1. The van der Waals surface area contributed by atoms with E-state index in [1.807, 2.05) is 6.92 Å². The number of hydrogen-bond acceptors (Lipinski definition) is 6. The van der Waals surface area contributed by atoms with Crippen LogP contribution in [0.25, 0.3) is 6.08 Å². The fourth-order valence-electron chi connectivity index (χ4n) is 1.95. The van der Waals surface area contributed by atoms with E-state index in [-0.39, 0.29) is 0 Å². The lowest BCUT2D eigenvalue weighted by molar-refractivity contribution is -0.143. The van der Waals surface area contributed by atoms with Crippen molar-refractivity contribution < 1.29 is 28.6 Å². The van der Waals surface area contributed by atoms with E-state index in [9.17, 15) is 14.4 Å². The standard InChI is InChI=1S/C19H26N2O6/c1-6-26-14-9-7-13(11-15(14)25-5)8-10-17(23)27-12-16(22)20-18(24)21-19(2,3)4/h7-11H,6,12H2,1-5H3,(H2,20,21,22,24)/b10-8+. The maximum atomic E-state index is 11.7. The number of carbonyl (C=O) groups is 3. The van der Waals surface area contributed by atoms with Gasteiger partial charge < -0.3 is 19.5 Å². The summed E-state index contributed by atoms with van der Waals surface area (Å²) in [5.74, 6) is -0.294. The molecule has 8 heteroatoms. The largest absolute Gasteiger partial charge is 0.493 e. The van der Waals surface area contributed by atoms with Gasteiger partial charge in [-0.2, -0.15) is 0 Å². The summed E-state index contributed by atoms with van der Waals surface area (Å²) in [4.78, 5) is 34.8. The van der Waals surface area contributed by atoms with Crippen LogP contribution in [0.5, 0.6) is 11.5 Å². The third kappa shape index (κ3) is 8.75. The van der Waals surface area contributed by atoms with Gasteiger partial charge in [-0.15, -0.1) is 0 Å². The average Bonchev–Trinajstić information content (AvgIpc) is 2.57. The van der Waals surface area contributed by atoms with Crippen molar-refractivity contribution in [3.05, 3.63) is 29.8 Å². The van der Waals surface area contributed by atoms with Crippen LogP contribution < -0.4 is 20.1 Å². The summed E-state index contributed by atoms with van der Waals surface area (Å²) >= 11 is 0. The number of amides is 3. The molecule has 1 rings (SSSR count). The first-order chi connectivity index (χ1) is 12.6. The highest BCUT2D eigenvalue weighted by Gasteiger charge is 2.16. The minimum absolute atomic E-state index is 0.484. The van der Waals surface area contributed by atoms with Gasteiger partial charge >= 0.3 is 12.0 Å². The van der Waals surface area contributed by atoms with E-state index in [1.54, 1.807) is 39.0 Å². The van der Waals surface area contributed by atoms with Crippen molar-refractivity contribution in [1.29, 1.82) is 0 Å². The average molecular weight is 378 g/mol. The van der Waals surface area contributed by atoms with Gasteiger partial charge in [-0.05, 0) is 51.5 Å². The molecule has 148 valence electrons. The van der Waals surface area contributed by atoms with Crippen LogP contribution in [0.15, 0.2) is 24.3 Å². The van der Waals surface area contributed by atoms with Crippen LogP contribution in [-0.4, -0.2) is 43.8 Å². The summed E-state index contributed by atoms with van der Waals surface area (Å²) in [7, 11) is 1.52. The zero-order valence-corrected chi connectivity index (χ0v) is 16.3. The van der Waals surface area contributed by atoms with Crippen molar-refractivity contribution in [3.63, 3.8) is 0 Å². The highest BCUT2D eigenvalue weighted by molar-refractivity contribution is 5.96. The first kappa shape index (κ1) is 22.0. The number of ether oxygens (including phenoxy) is 3. The smallest absolute Gasteiger partial charge is 0.331 e. The van der Waals surface area contributed by atoms with Crippen molar-refractivity contribution in [2.24, 2.45) is 0 Å². The highest BCUT2D eigenvalue weighted by Crippen LogP contribution is 2.28. The molecule has 3 amide bonds. The van der Waals surface area contributed by atoms with E-state index in [0.717, 1.165) is 0 Å². The molecule has 1 aromatic carbocycles. The first-order valence-corrected chi connectivity index (χ1v) is 8.42. The zero-order valence-electron chi connectivity index (χ0n) is 16.3. The predicted octanol–water partition coefficient (Wildman–Crippen LogP) is 2.27. The van der Waals surface area contributed by atoms with Gasteiger partial charge in [-0.1, -0.05) is 6.07 Å². The SMILES string of the molecule is CCOc1ccc(/C=C/C(=O)OCC(=O)NC(=O)NC(C)(C)C)cc1OC. The Morgan fingerprint density at radius 1 is 1.15 bits per heavy atom. The lowest BCUT2D eigenvalue weighted by Crippen LogP contribution is -2.49. The molecule has 0 saturated heterocycles. The van der Waals surface area contributed by atoms with E-state index in [1.165, 1.54) is 19.3 Å². The monoisotopic (exact) mass is 378 g/mol. The Morgan fingerprint density at radius 2 is 1.85 bits per heavy atom. The van der Waals surface area contributed by atoms with Gasteiger partial charge in [-0.3, -0.25) is 10.1 Å². The lowest BCUT2D eigenvalue weighted by atomic mass is 10.1. The van der Waals surface area contributed by atoms with Gasteiger partial charge in [0.25, 0.3) is 5.91 Å². The van der Waals surface area contributed by atoms with Crippen molar-refractivity contribution in [3.8, 4) is 11.5 Å². The highest BCUT2D eigenvalue weighted by atomic mass is 16.5. The normalized spacial score (nSPS) is 11.0. The van der Waals surface area contributed by atoms with E-state index in [0.29, 0.717) is 23.7 Å². The number of hydrogen-bond donors (Lipinski definition) is 2. The van der Waals surface area contributed by atoms with Crippen LogP contribution >= 0.6 is 0 Å². The Morgan fingerprint density at radius 3 is 2.44 bits per heavy atom. The van der Waals surface area contributed by atoms with Crippen LogP contribution in [0.2, 0.25) is 0 Å². The summed E-state index contributed by atoms with van der Waals surface area (Å²) in [6.45, 7) is 7.14. The van der Waals surface area contributed by atoms with Crippen LogP contribution in [-0.2, 0) is 14.3 Å². The van der Waals surface area contributed by atoms with Gasteiger partial charge in [0.15, 0.2) is 18.1 Å². The summed E-state index contributed by atoms with van der Waals surface area (Å²) in [6, 6.07) is 4.54. The molecule has 8 nitrogen and oxygen atoms in total. The molecule has 0 aliphatic rings. The van der Waals surface area contributed by atoms with E-state index in [4.69, 9.17) is 14.2 Å². The molecule has 0 spiro atoms. The van der Waals surface area contributed by atoms with Crippen LogP contribution in [0.3, 0.4) is 0 Å². The predicted molar refractivity (Wildman–Crippen MR) is 101 cm³/mol. The Kier molecular flexibility index (Phi) is 8.32. The molecule has 0 unspecified atom stereocenters. The second-order valence-corrected chi connectivity index (χ2v) is 6.54. The number of nitrogens with one attached hydrogen (secondary N) is 2. The maximum absolute atomic E-state index is 11.7. The third-order valence-electron chi connectivity index (χ3n) is 2.99. The first-order valence-electron chi connectivity index (χ1n) is 8.42. The lowest BCUT2D eigenvalue weighted by Gasteiger charge is -2.20. The molecule has 0 radical (unpaired) electrons. The number of rotatable bonds is 7. The fraction of sp³-hybridized carbons (Fsp3) is 0.421. The fourth-order valence-corrected chi connectivity index (χ4v) is 1.95. The molecule has 0 aromatic heterocycles. The summed E-state index contributed by atoms with van der Waals surface area (Å²) in [6.07, 6.45) is 2.70. The molecular formula is C19H26N2O6. The van der Waals surface area contributed by atoms with Crippen molar-refractivity contribution in [1.82, 2.24) is 10.6 Å². The topological polar surface area (TPSA) is 103 Å². The Hall–Kier alpha value is -3.03. The van der Waals surface area contributed by atoms with E-state index >= 15 is 0 Å². The molecule has 0 saturated carbocycles. The van der Waals surface area contributed by atoms with Crippen LogP contribution in [0, 0.1) is 0 Å². The molecule has 0 aliphatic carbocycles. The Balaban J connectivity index is 2.52. The zero-order chi connectivity index (χ0) is 20.4. The quantitative estimate of drug-likeness (QED) is 0.557. The van der Waals surface area contributed by atoms with Gasteiger partial charge in [0.2, 0.25) is 0 Å². The molecule has 1 aromatic rings. The molecule has 0 bridgehead atoms. The van der Waals surface area contributed by atoms with Crippen molar-refractivity contribution in [2.75, 3.05) is 20.3 Å². The summed E-state index contributed by atoms with van der Waals surface area (Å²) in [5, 5.41) is 4.64. The molecule has 0 aliphatic heterocycles. The minimum Gasteiger partial charge on any atom is -0.493 e. The molecule has 0 fully saturated rings. The maximum Gasteiger partial charge on any atom is 0.331 e. The minimum atomic E-state index is -0.721. The van der Waals surface area contributed by atoms with E-state index in [2.05, 4.69) is 10.6 Å². The summed E-state index contributed by atoms with van der Waals surface area (Å²) in [5.41, 5.74) is 0.212. The second kappa shape index (κ2) is 10.2. The number of carbonyl (C=O) groups excluding carboxylic acids is 3. The second-order valence-electron chi connectivity index (χ2n) is 6.54. The molecular weight excluding hydrogens is 352 g/mol. The Bertz CT molecular complexity index is 707. The van der Waals surface area contributed by atoms with Crippen LogP contribution in [0.4, 0.5) is 4.79 Å². The van der Waals surface area contributed by atoms with Gasteiger partial charge in [0, 0.05) is 11.6 Å². The number of imide groups is 1. The number of methoxy groups -OCH3 is 1. The molecule has 0 atom stereocenters. The molecule has 2 N–H and O–H groups in total. The Labute approximate surface area is 158 Å². The third-order valence-corrected chi connectivity index (χ3v) is 2.99. The van der Waals surface area contributed by atoms with Crippen molar-refractivity contribution >= 4 is 24.0 Å². The molecule has 27 heavy (non-hydrogen) atoms. The van der Waals surface area contributed by atoms with Gasteiger partial charge in [0.05, 0.1) is 13.7 Å². The number of esters is 1.